The highest BCUT2D eigenvalue weighted by atomic mass is 79.9. The van der Waals surface area contributed by atoms with Gasteiger partial charge in [-0.15, -0.1) is 0 Å². The van der Waals surface area contributed by atoms with E-state index in [1.54, 1.807) is 0 Å². The van der Waals surface area contributed by atoms with Crippen molar-refractivity contribution in [2.45, 2.75) is 66.2 Å². The maximum atomic E-state index is 5.24. The van der Waals surface area contributed by atoms with E-state index < -0.39 is 0 Å². The molecule has 1 heterocycles. The van der Waals surface area contributed by atoms with Gasteiger partial charge in [-0.05, 0) is 103 Å². The maximum absolute atomic E-state index is 5.24. The molecule has 0 N–H and O–H groups in total. The van der Waals surface area contributed by atoms with Gasteiger partial charge in [0.2, 0.25) is 0 Å². The molecule has 0 radical (unpaired) electrons. The normalized spacial score (nSPS) is 12.5. The molecule has 2 nitrogen and oxygen atoms in total. The molecule has 0 bridgehead atoms. The molecule has 4 aromatic rings. The van der Waals surface area contributed by atoms with Crippen LogP contribution in [-0.2, 0) is 10.8 Å². The topological polar surface area (TPSA) is 17.8 Å². The number of rotatable bonds is 2. The molecule has 0 aliphatic rings. The quantitative estimate of drug-likeness (QED) is 0.236. The van der Waals surface area contributed by atoms with E-state index in [4.69, 9.17) is 4.98 Å². The van der Waals surface area contributed by atoms with E-state index in [1.807, 2.05) is 0 Å². The fourth-order valence-electron chi connectivity index (χ4n) is 4.37. The van der Waals surface area contributed by atoms with Crippen LogP contribution >= 0.6 is 31.9 Å². The molecule has 0 saturated heterocycles. The van der Waals surface area contributed by atoms with Gasteiger partial charge < -0.3 is 0 Å². The van der Waals surface area contributed by atoms with E-state index in [1.165, 1.54) is 27.8 Å². The monoisotopic (exact) mass is 566 g/mol. The van der Waals surface area contributed by atoms with Crippen molar-refractivity contribution in [2.24, 2.45) is 0 Å². The highest BCUT2D eigenvalue weighted by Crippen LogP contribution is 2.39. The Balaban J connectivity index is 2.09. The minimum atomic E-state index is 0.0642. The highest BCUT2D eigenvalue weighted by molar-refractivity contribution is 9.13. The molecule has 0 fully saturated rings. The number of aryl methyl sites for hydroxylation is 2. The highest BCUT2D eigenvalue weighted by Gasteiger charge is 2.23. The van der Waals surface area contributed by atoms with E-state index in [2.05, 4.69) is 140 Å². The van der Waals surface area contributed by atoms with Crippen molar-refractivity contribution in [3.63, 3.8) is 0 Å². The van der Waals surface area contributed by atoms with E-state index in [0.29, 0.717) is 0 Å². The first-order chi connectivity index (χ1) is 15.3. The van der Waals surface area contributed by atoms with Crippen molar-refractivity contribution >= 4 is 42.9 Å². The van der Waals surface area contributed by atoms with Gasteiger partial charge >= 0.3 is 0 Å². The lowest BCUT2D eigenvalue weighted by Gasteiger charge is -2.23. The van der Waals surface area contributed by atoms with Crippen molar-refractivity contribution in [3.05, 3.63) is 79.7 Å². The van der Waals surface area contributed by atoms with Crippen LogP contribution in [0.15, 0.2) is 57.5 Å². The summed E-state index contributed by atoms with van der Waals surface area (Å²) in [5.41, 5.74) is 9.69. The first-order valence-corrected chi connectivity index (χ1v) is 13.0. The molecule has 4 rings (SSSR count). The molecule has 0 amide bonds. The second-order valence-electron chi connectivity index (χ2n) is 11.0. The average molecular weight is 568 g/mol. The number of nitrogens with zero attached hydrogens (tertiary/aromatic N) is 2. The van der Waals surface area contributed by atoms with Crippen molar-refractivity contribution < 1.29 is 0 Å². The zero-order chi connectivity index (χ0) is 24.3. The molecule has 0 spiro atoms. The minimum absolute atomic E-state index is 0.0642. The first-order valence-electron chi connectivity index (χ1n) is 11.4. The Morgan fingerprint density at radius 1 is 0.758 bits per heavy atom. The fraction of sp³-hybridized carbons (Fsp3) is 0.345. The number of halogens is 2. The summed E-state index contributed by atoms with van der Waals surface area (Å²) >= 11 is 7.51. The molecular formula is C29H32Br2N2. The van der Waals surface area contributed by atoms with E-state index in [-0.39, 0.29) is 10.8 Å². The van der Waals surface area contributed by atoms with Gasteiger partial charge in [0.25, 0.3) is 0 Å². The smallest absolute Gasteiger partial charge is 0.146 e. The van der Waals surface area contributed by atoms with Gasteiger partial charge in [-0.1, -0.05) is 65.8 Å². The van der Waals surface area contributed by atoms with Crippen LogP contribution in [0.25, 0.3) is 28.1 Å². The van der Waals surface area contributed by atoms with Crippen molar-refractivity contribution in [3.8, 4) is 17.1 Å². The van der Waals surface area contributed by atoms with E-state index in [9.17, 15) is 0 Å². The van der Waals surface area contributed by atoms with Crippen LogP contribution in [0.4, 0.5) is 0 Å². The molecule has 3 aromatic carbocycles. The number of aromatic nitrogens is 2. The van der Waals surface area contributed by atoms with Crippen LogP contribution < -0.4 is 0 Å². The van der Waals surface area contributed by atoms with Crippen molar-refractivity contribution in [1.82, 2.24) is 9.55 Å². The van der Waals surface area contributed by atoms with Gasteiger partial charge in [0.15, 0.2) is 0 Å². The number of hydrogen-bond acceptors (Lipinski definition) is 1. The Morgan fingerprint density at radius 3 is 1.94 bits per heavy atom. The average Bonchev–Trinajstić information content (AvgIpc) is 3.06. The van der Waals surface area contributed by atoms with Crippen LogP contribution in [0.3, 0.4) is 0 Å². The molecule has 0 aliphatic carbocycles. The maximum Gasteiger partial charge on any atom is 0.146 e. The Labute approximate surface area is 214 Å². The number of hydrogen-bond donors (Lipinski definition) is 0. The third-order valence-corrected chi connectivity index (χ3v) is 8.34. The second kappa shape index (κ2) is 8.39. The summed E-state index contributed by atoms with van der Waals surface area (Å²) in [6, 6.07) is 17.6. The molecule has 0 saturated carbocycles. The summed E-state index contributed by atoms with van der Waals surface area (Å²) < 4.78 is 4.34. The minimum Gasteiger partial charge on any atom is -0.291 e. The molecular weight excluding hydrogens is 536 g/mol. The molecule has 1 aromatic heterocycles. The summed E-state index contributed by atoms with van der Waals surface area (Å²) in [7, 11) is 0. The SMILES string of the molecule is Cc1cc(C(C)(C)C)cc(C)c1-c1nc2cc(C(C)(C)C)ccc2n1-c1cccc(Br)c1Br. The van der Waals surface area contributed by atoms with Crippen LogP contribution in [-0.4, -0.2) is 9.55 Å². The predicted octanol–water partition coefficient (Wildman–Crippen LogP) is 9.43. The second-order valence-corrected chi connectivity index (χ2v) is 12.7. The summed E-state index contributed by atoms with van der Waals surface area (Å²) in [5.74, 6) is 0.977. The predicted molar refractivity (Wildman–Crippen MR) is 149 cm³/mol. The molecule has 0 aliphatic heterocycles. The van der Waals surface area contributed by atoms with Gasteiger partial charge in [0.05, 0.1) is 21.2 Å². The third-order valence-electron chi connectivity index (χ3n) is 6.31. The zero-order valence-corrected chi connectivity index (χ0v) is 23.9. The molecule has 0 atom stereocenters. The van der Waals surface area contributed by atoms with Crippen LogP contribution in [0.2, 0.25) is 0 Å². The van der Waals surface area contributed by atoms with Crippen molar-refractivity contribution in [2.75, 3.05) is 0 Å². The summed E-state index contributed by atoms with van der Waals surface area (Å²) in [4.78, 5) is 5.24. The number of imidazole rings is 1. The van der Waals surface area contributed by atoms with Gasteiger partial charge in [-0.25, -0.2) is 4.98 Å². The van der Waals surface area contributed by atoms with Gasteiger partial charge in [-0.2, -0.15) is 0 Å². The lowest BCUT2D eigenvalue weighted by atomic mass is 9.83. The first kappa shape index (κ1) is 24.2. The Morgan fingerprint density at radius 2 is 1.36 bits per heavy atom. The zero-order valence-electron chi connectivity index (χ0n) is 20.8. The largest absolute Gasteiger partial charge is 0.291 e. The van der Waals surface area contributed by atoms with E-state index >= 15 is 0 Å². The van der Waals surface area contributed by atoms with Gasteiger partial charge in [0.1, 0.15) is 5.82 Å². The summed E-state index contributed by atoms with van der Waals surface area (Å²) in [5, 5.41) is 0. The lowest BCUT2D eigenvalue weighted by Crippen LogP contribution is -2.12. The van der Waals surface area contributed by atoms with Crippen LogP contribution in [0.1, 0.15) is 63.8 Å². The molecule has 172 valence electrons. The van der Waals surface area contributed by atoms with Crippen molar-refractivity contribution in [1.29, 1.82) is 0 Å². The van der Waals surface area contributed by atoms with E-state index in [0.717, 1.165) is 31.5 Å². The Kier molecular flexibility index (Phi) is 6.16. The third kappa shape index (κ3) is 4.44. The number of benzene rings is 3. The van der Waals surface area contributed by atoms with Crippen LogP contribution in [0, 0.1) is 13.8 Å². The Hall–Kier alpha value is -1.91. The standard InChI is InChI=1S/C29H32Br2N2/c1-17-14-20(29(6,7)8)15-18(2)25(17)27-32-22-16-19(28(3,4)5)12-13-23(22)33(27)24-11-9-10-21(30)26(24)31/h9-16H,1-8H3. The van der Waals surface area contributed by atoms with Gasteiger partial charge in [0, 0.05) is 10.0 Å². The number of fused-ring (bicyclic) bond motifs is 1. The Bertz CT molecular complexity index is 1340. The summed E-state index contributed by atoms with van der Waals surface area (Å²) in [6.45, 7) is 18.0. The molecule has 0 unspecified atom stereocenters. The molecule has 33 heavy (non-hydrogen) atoms. The molecule has 4 heteroatoms. The summed E-state index contributed by atoms with van der Waals surface area (Å²) in [6.07, 6.45) is 0. The fourth-order valence-corrected chi connectivity index (χ4v) is 5.17. The van der Waals surface area contributed by atoms with Gasteiger partial charge in [-0.3, -0.25) is 4.57 Å². The lowest BCUT2D eigenvalue weighted by molar-refractivity contribution is 0.589. The van der Waals surface area contributed by atoms with Crippen LogP contribution in [0.5, 0.6) is 0 Å².